The maximum absolute atomic E-state index is 14.5. The maximum Gasteiger partial charge on any atom is 0.350 e. The number of halogens is 1. The van der Waals surface area contributed by atoms with Crippen LogP contribution in [0.4, 0.5) is 10.2 Å². The number of aromatic nitrogens is 2. The van der Waals surface area contributed by atoms with Gasteiger partial charge in [0.2, 0.25) is 0 Å². The summed E-state index contributed by atoms with van der Waals surface area (Å²) in [5.41, 5.74) is 4.60. The van der Waals surface area contributed by atoms with Gasteiger partial charge in [-0.25, -0.2) is 9.18 Å². The number of nitrogens with zero attached hydrogens (tertiary/aromatic N) is 2. The van der Waals surface area contributed by atoms with Crippen LogP contribution >= 0.6 is 19.6 Å². The maximum atomic E-state index is 14.5. The number of anilines is 1. The molecule has 160 valence electrons. The number of nitrogen functional groups attached to an aromatic ring is 1. The van der Waals surface area contributed by atoms with Gasteiger partial charge >= 0.3 is 5.69 Å². The Morgan fingerprint density at radius 2 is 2.31 bits per heavy atom. The third kappa shape index (κ3) is 5.20. The van der Waals surface area contributed by atoms with E-state index >= 15 is 0 Å². The van der Waals surface area contributed by atoms with E-state index in [1.54, 1.807) is 0 Å². The predicted octanol–water partition coefficient (Wildman–Crippen LogP) is -1.72. The van der Waals surface area contributed by atoms with E-state index in [9.17, 15) is 28.9 Å². The average Bonchev–Trinajstić information content (AvgIpc) is 3.13. The van der Waals surface area contributed by atoms with Crippen LogP contribution in [0.3, 0.4) is 0 Å². The van der Waals surface area contributed by atoms with E-state index in [1.165, 1.54) is 12.3 Å². The first-order chi connectivity index (χ1) is 13.6. The highest BCUT2D eigenvalue weighted by Gasteiger charge is 2.46. The van der Waals surface area contributed by atoms with Crippen molar-refractivity contribution in [1.82, 2.24) is 9.55 Å². The summed E-state index contributed by atoms with van der Waals surface area (Å²) in [4.78, 5) is 27.5. The van der Waals surface area contributed by atoms with Gasteiger partial charge in [-0.1, -0.05) is 0 Å². The molecule has 0 bridgehead atoms. The summed E-state index contributed by atoms with van der Waals surface area (Å²) in [6.45, 7) is -1.09. The van der Waals surface area contributed by atoms with Crippen LogP contribution in [0.15, 0.2) is 17.1 Å². The molecule has 2 radical (unpaired) electrons. The van der Waals surface area contributed by atoms with Crippen molar-refractivity contribution in [3.05, 3.63) is 22.7 Å². The normalized spacial score (nSPS) is 36.9. The highest BCUT2D eigenvalue weighted by molar-refractivity contribution is 8.00. The fourth-order valence-electron chi connectivity index (χ4n) is 3.07. The summed E-state index contributed by atoms with van der Waals surface area (Å²) in [5.74, 6) is -0.0358. The molecule has 0 aliphatic carbocycles. The average molecular weight is 450 g/mol. The van der Waals surface area contributed by atoms with Gasteiger partial charge in [-0.05, 0) is 12.5 Å². The van der Waals surface area contributed by atoms with Gasteiger partial charge in [0, 0.05) is 12.2 Å². The molecule has 1 unspecified atom stereocenters. The SMILES string of the molecule is [B][C@H]1C[C@H](OP(=O)([O-])OC[C@H]2S[C@@H](n3ccc(N)nc3=O)[C@@H](F)[C@@H]2O)[C@@H](CO)O1. The lowest BCUT2D eigenvalue weighted by molar-refractivity contribution is -0.231. The smallest absolute Gasteiger partial charge is 0.350 e. The van der Waals surface area contributed by atoms with Crippen molar-refractivity contribution in [1.29, 1.82) is 0 Å². The van der Waals surface area contributed by atoms with Gasteiger partial charge in [0.05, 0.1) is 24.6 Å². The predicted molar refractivity (Wildman–Crippen MR) is 98.8 cm³/mol. The summed E-state index contributed by atoms with van der Waals surface area (Å²) < 4.78 is 42.3. The van der Waals surface area contributed by atoms with Crippen LogP contribution in [-0.4, -0.2) is 76.6 Å². The molecule has 0 aromatic carbocycles. The third-order valence-electron chi connectivity index (χ3n) is 4.49. The molecule has 15 heteroatoms. The summed E-state index contributed by atoms with van der Waals surface area (Å²) in [6.07, 6.45) is -4.15. The van der Waals surface area contributed by atoms with E-state index in [0.29, 0.717) is 0 Å². The molecule has 1 aromatic rings. The van der Waals surface area contributed by atoms with Gasteiger partial charge in [0.1, 0.15) is 31.2 Å². The lowest BCUT2D eigenvalue weighted by Crippen LogP contribution is -2.34. The number of rotatable bonds is 7. The van der Waals surface area contributed by atoms with E-state index in [4.69, 9.17) is 27.4 Å². The number of hydrogen-bond donors (Lipinski definition) is 3. The van der Waals surface area contributed by atoms with Gasteiger partial charge in [-0.3, -0.25) is 9.13 Å². The standard InChI is InChI=1S/C14H20BFN3O8PS/c15-9-3-6(7(4-20)26-9)27-28(23,24)25-5-8-12(21)11(16)13(29-8)19-2-1-10(17)18-14(19)22/h1-2,6-9,11-13,20-21H,3-5H2,(H,23,24)(H2,17,18,22)/p-1/t6-,7+,8+,9+,11-,12+,13+/m0/s1. The van der Waals surface area contributed by atoms with Crippen molar-refractivity contribution in [2.24, 2.45) is 0 Å². The van der Waals surface area contributed by atoms with Crippen LogP contribution in [0.1, 0.15) is 11.8 Å². The first-order valence-electron chi connectivity index (χ1n) is 8.59. The molecule has 8 atom stereocenters. The van der Waals surface area contributed by atoms with E-state index < -0.39 is 67.8 Å². The van der Waals surface area contributed by atoms with Crippen molar-refractivity contribution >= 4 is 33.2 Å². The second kappa shape index (κ2) is 9.02. The Hall–Kier alpha value is -0.985. The van der Waals surface area contributed by atoms with Crippen LogP contribution in [0.5, 0.6) is 0 Å². The lowest BCUT2D eigenvalue weighted by Gasteiger charge is -2.29. The van der Waals surface area contributed by atoms with Crippen molar-refractivity contribution in [2.45, 2.75) is 47.5 Å². The van der Waals surface area contributed by atoms with Crippen LogP contribution in [0.25, 0.3) is 0 Å². The highest BCUT2D eigenvalue weighted by atomic mass is 32.2. The van der Waals surface area contributed by atoms with Gasteiger partial charge in [-0.2, -0.15) is 4.98 Å². The Bertz CT molecular complexity index is 836. The van der Waals surface area contributed by atoms with Crippen molar-refractivity contribution in [2.75, 3.05) is 18.9 Å². The van der Waals surface area contributed by atoms with Gasteiger partial charge in [-0.15, -0.1) is 11.8 Å². The Morgan fingerprint density at radius 3 is 2.97 bits per heavy atom. The number of hydrogen-bond acceptors (Lipinski definition) is 11. The fourth-order valence-corrected chi connectivity index (χ4v) is 5.54. The van der Waals surface area contributed by atoms with Crippen molar-refractivity contribution < 1.29 is 37.8 Å². The Morgan fingerprint density at radius 1 is 1.59 bits per heavy atom. The van der Waals surface area contributed by atoms with Crippen LogP contribution in [-0.2, 0) is 18.3 Å². The number of alkyl halides is 1. The van der Waals surface area contributed by atoms with E-state index in [2.05, 4.69) is 4.98 Å². The monoisotopic (exact) mass is 450 g/mol. The molecule has 11 nitrogen and oxygen atoms in total. The van der Waals surface area contributed by atoms with E-state index in [0.717, 1.165) is 16.3 Å². The Labute approximate surface area is 170 Å². The quantitative estimate of drug-likeness (QED) is 0.319. The number of aliphatic hydroxyl groups excluding tert-OH is 2. The first-order valence-corrected chi connectivity index (χ1v) is 11.0. The molecular weight excluding hydrogens is 431 g/mol. The van der Waals surface area contributed by atoms with Gasteiger partial charge < -0.3 is 34.6 Å². The molecule has 0 amide bonds. The number of phosphoric ester groups is 1. The molecular formula is C14H19BFN3O8PS-. The van der Waals surface area contributed by atoms with Crippen molar-refractivity contribution in [3.8, 4) is 0 Å². The topological polar surface area (TPSA) is 169 Å². The highest BCUT2D eigenvalue weighted by Crippen LogP contribution is 2.47. The molecule has 2 aliphatic heterocycles. The minimum absolute atomic E-state index is 0.0311. The minimum Gasteiger partial charge on any atom is -0.756 e. The van der Waals surface area contributed by atoms with Gasteiger partial charge in [0.25, 0.3) is 7.82 Å². The summed E-state index contributed by atoms with van der Waals surface area (Å²) in [7, 11) is 0.678. The second-order valence-corrected chi connectivity index (χ2v) is 9.28. The second-order valence-electron chi connectivity index (χ2n) is 6.56. The van der Waals surface area contributed by atoms with Crippen LogP contribution in [0, 0.1) is 0 Å². The number of thioether (sulfide) groups is 1. The summed E-state index contributed by atoms with van der Waals surface area (Å²) in [6, 6.07) is 0.514. The first kappa shape index (κ1) is 22.7. The molecule has 3 heterocycles. The van der Waals surface area contributed by atoms with Gasteiger partial charge in [0.15, 0.2) is 6.17 Å². The Balaban J connectivity index is 1.61. The fraction of sp³-hybridized carbons (Fsp3) is 0.714. The Kier molecular flexibility index (Phi) is 7.06. The summed E-state index contributed by atoms with van der Waals surface area (Å²) in [5, 5.41) is 17.1. The number of phosphoric acid groups is 1. The van der Waals surface area contributed by atoms with E-state index in [-0.39, 0.29) is 12.2 Å². The van der Waals surface area contributed by atoms with Crippen LogP contribution < -0.4 is 16.3 Å². The molecule has 4 N–H and O–H groups in total. The minimum atomic E-state index is -4.87. The number of nitrogens with two attached hydrogens (primary N) is 1. The molecule has 2 saturated heterocycles. The summed E-state index contributed by atoms with van der Waals surface area (Å²) >= 11 is 0.821. The molecule has 2 fully saturated rings. The van der Waals surface area contributed by atoms with Crippen molar-refractivity contribution in [3.63, 3.8) is 0 Å². The zero-order valence-electron chi connectivity index (χ0n) is 14.9. The lowest BCUT2D eigenvalue weighted by atomic mass is 9.96. The molecule has 0 spiro atoms. The van der Waals surface area contributed by atoms with Crippen LogP contribution in [0.2, 0.25) is 0 Å². The molecule has 0 saturated carbocycles. The van der Waals surface area contributed by atoms with E-state index in [1.807, 2.05) is 0 Å². The molecule has 29 heavy (non-hydrogen) atoms. The number of aliphatic hydroxyl groups is 2. The molecule has 1 aromatic heterocycles. The third-order valence-corrected chi connectivity index (χ3v) is 7.01. The number of ether oxygens (including phenoxy) is 1. The molecule has 2 aliphatic rings. The largest absolute Gasteiger partial charge is 0.756 e. The zero-order valence-corrected chi connectivity index (χ0v) is 16.7. The molecule has 3 rings (SSSR count). The zero-order chi connectivity index (χ0) is 21.3.